The van der Waals surface area contributed by atoms with Gasteiger partial charge in [-0.05, 0) is 31.7 Å². The van der Waals surface area contributed by atoms with Crippen LogP contribution in [-0.4, -0.2) is 38.0 Å². The molecule has 1 aliphatic heterocycles. The summed E-state index contributed by atoms with van der Waals surface area (Å²) in [6, 6.07) is 15.0. The molecule has 2 aliphatic rings. The number of nitrogens with one attached hydrogen (secondary N) is 1. The summed E-state index contributed by atoms with van der Waals surface area (Å²) >= 11 is 0. The van der Waals surface area contributed by atoms with Gasteiger partial charge in [0.1, 0.15) is 5.70 Å². The van der Waals surface area contributed by atoms with Gasteiger partial charge >= 0.3 is 0 Å². The quantitative estimate of drug-likeness (QED) is 0.795. The second-order valence-electron chi connectivity index (χ2n) is 7.68. The number of hydrogen-bond donors (Lipinski definition) is 1. The van der Waals surface area contributed by atoms with Crippen molar-refractivity contribution in [2.24, 2.45) is 0 Å². The first-order chi connectivity index (χ1) is 14.4. The number of carbonyl (C=O) groups is 2. The summed E-state index contributed by atoms with van der Waals surface area (Å²) in [6.45, 7) is 2.84. The predicted octanol–water partition coefficient (Wildman–Crippen LogP) is 3.44. The first-order valence-corrected chi connectivity index (χ1v) is 11.6. The molecule has 0 spiro atoms. The van der Waals surface area contributed by atoms with Crippen LogP contribution >= 0.6 is 0 Å². The average molecular weight is 425 g/mol. The van der Waals surface area contributed by atoms with Crippen LogP contribution in [0.5, 0.6) is 0 Å². The lowest BCUT2D eigenvalue weighted by Crippen LogP contribution is -2.41. The summed E-state index contributed by atoms with van der Waals surface area (Å²) in [5.74, 6) is -1.03. The molecule has 156 valence electrons. The zero-order valence-electron chi connectivity index (χ0n) is 16.8. The van der Waals surface area contributed by atoms with Gasteiger partial charge in [-0.2, -0.15) is 0 Å². The predicted molar refractivity (Wildman–Crippen MR) is 114 cm³/mol. The van der Waals surface area contributed by atoms with Gasteiger partial charge in [0, 0.05) is 30.3 Å². The lowest BCUT2D eigenvalue weighted by atomic mass is 9.91. The standard InChI is InChI=1S/C23H24N2O4S/c1-16(17-10-4-2-5-11-17)24-30(28,29)23-20(25-14-8-3-9-15-25)21(26)18-12-6-7-13-19(18)22(23)27/h2,4-7,10-13,16,24H,3,8-9,14-15H2,1H3. The highest BCUT2D eigenvalue weighted by Gasteiger charge is 2.42. The van der Waals surface area contributed by atoms with E-state index in [2.05, 4.69) is 4.72 Å². The summed E-state index contributed by atoms with van der Waals surface area (Å²) in [5.41, 5.74) is 1.18. The summed E-state index contributed by atoms with van der Waals surface area (Å²) in [6.07, 6.45) is 2.73. The van der Waals surface area contributed by atoms with Crippen molar-refractivity contribution in [1.29, 1.82) is 0 Å². The minimum Gasteiger partial charge on any atom is -0.367 e. The molecule has 0 saturated carbocycles. The number of fused-ring (bicyclic) bond motifs is 1. The first-order valence-electron chi connectivity index (χ1n) is 10.1. The van der Waals surface area contributed by atoms with Crippen molar-refractivity contribution in [1.82, 2.24) is 9.62 Å². The van der Waals surface area contributed by atoms with Crippen molar-refractivity contribution in [3.8, 4) is 0 Å². The first kappa shape index (κ1) is 20.5. The van der Waals surface area contributed by atoms with E-state index in [0.717, 1.165) is 24.8 Å². The Bertz CT molecular complexity index is 1120. The van der Waals surface area contributed by atoms with Crippen molar-refractivity contribution in [3.63, 3.8) is 0 Å². The zero-order chi connectivity index (χ0) is 21.3. The molecule has 0 bridgehead atoms. The Kier molecular flexibility index (Phi) is 5.58. The lowest BCUT2D eigenvalue weighted by Gasteiger charge is -2.34. The van der Waals surface area contributed by atoms with Gasteiger partial charge in [0.25, 0.3) is 0 Å². The monoisotopic (exact) mass is 424 g/mol. The number of hydrogen-bond acceptors (Lipinski definition) is 5. The number of likely N-dealkylation sites (tertiary alicyclic amines) is 1. The van der Waals surface area contributed by atoms with Crippen molar-refractivity contribution in [2.45, 2.75) is 32.2 Å². The number of piperidine rings is 1. The van der Waals surface area contributed by atoms with Crippen molar-refractivity contribution in [2.75, 3.05) is 13.1 Å². The molecule has 1 saturated heterocycles. The number of nitrogens with zero attached hydrogens (tertiary/aromatic N) is 1. The van der Waals surface area contributed by atoms with Crippen molar-refractivity contribution >= 4 is 21.6 Å². The summed E-state index contributed by atoms with van der Waals surface area (Å²) in [4.78, 5) is 28.0. The van der Waals surface area contributed by atoms with E-state index in [1.165, 1.54) is 6.07 Å². The van der Waals surface area contributed by atoms with Gasteiger partial charge in [0.2, 0.25) is 21.6 Å². The molecular weight excluding hydrogens is 400 g/mol. The fourth-order valence-electron chi connectivity index (χ4n) is 4.10. The molecule has 1 N–H and O–H groups in total. The largest absolute Gasteiger partial charge is 0.367 e. The molecule has 1 atom stereocenters. The Balaban J connectivity index is 1.81. The van der Waals surface area contributed by atoms with E-state index in [-0.39, 0.29) is 16.8 Å². The maximum atomic E-state index is 13.4. The molecule has 0 radical (unpaired) electrons. The molecule has 30 heavy (non-hydrogen) atoms. The minimum absolute atomic E-state index is 0.00571. The molecule has 1 unspecified atom stereocenters. The Hall–Kier alpha value is -2.77. The minimum atomic E-state index is -4.24. The van der Waals surface area contributed by atoms with E-state index in [9.17, 15) is 18.0 Å². The van der Waals surface area contributed by atoms with E-state index in [4.69, 9.17) is 0 Å². The van der Waals surface area contributed by atoms with Crippen LogP contribution in [0.4, 0.5) is 0 Å². The molecule has 6 nitrogen and oxygen atoms in total. The number of allylic oxidation sites excluding steroid dienone is 2. The normalized spacial score (nSPS) is 18.4. The molecule has 7 heteroatoms. The number of carbonyl (C=O) groups excluding carboxylic acids is 2. The second kappa shape index (κ2) is 8.16. The van der Waals surface area contributed by atoms with Crippen LogP contribution < -0.4 is 4.72 Å². The number of Topliss-reactive ketones (excluding diaryl/α,β-unsaturated/α-hetero) is 2. The van der Waals surface area contributed by atoms with Crippen LogP contribution in [0.2, 0.25) is 0 Å². The second-order valence-corrected chi connectivity index (χ2v) is 9.33. The fraction of sp³-hybridized carbons (Fsp3) is 0.304. The van der Waals surface area contributed by atoms with E-state index in [0.29, 0.717) is 13.1 Å². The van der Waals surface area contributed by atoms with Gasteiger partial charge in [-0.25, -0.2) is 13.1 Å². The Labute approximate surface area is 176 Å². The third-order valence-electron chi connectivity index (χ3n) is 5.63. The summed E-state index contributed by atoms with van der Waals surface area (Å²) < 4.78 is 29.4. The van der Waals surface area contributed by atoms with Crippen LogP contribution in [0.25, 0.3) is 0 Å². The van der Waals surface area contributed by atoms with Crippen LogP contribution in [0.15, 0.2) is 65.2 Å². The smallest absolute Gasteiger partial charge is 0.247 e. The van der Waals surface area contributed by atoms with Gasteiger partial charge in [0.15, 0.2) is 4.91 Å². The van der Waals surface area contributed by atoms with Crippen LogP contribution in [0.3, 0.4) is 0 Å². The Morgan fingerprint density at radius 2 is 1.40 bits per heavy atom. The molecule has 0 amide bonds. The molecule has 2 aromatic rings. The number of sulfonamides is 1. The van der Waals surface area contributed by atoms with Gasteiger partial charge in [-0.1, -0.05) is 54.6 Å². The summed E-state index contributed by atoms with van der Waals surface area (Å²) in [5, 5.41) is 0. The highest BCUT2D eigenvalue weighted by atomic mass is 32.2. The fourth-order valence-corrected chi connectivity index (χ4v) is 5.64. The van der Waals surface area contributed by atoms with Crippen LogP contribution in [-0.2, 0) is 10.0 Å². The third kappa shape index (κ3) is 3.70. The van der Waals surface area contributed by atoms with Crippen molar-refractivity contribution in [3.05, 3.63) is 81.9 Å². The molecular formula is C23H24N2O4S. The van der Waals surface area contributed by atoms with Crippen LogP contribution in [0.1, 0.15) is 58.5 Å². The van der Waals surface area contributed by atoms with Gasteiger partial charge in [0.05, 0.1) is 0 Å². The maximum Gasteiger partial charge on any atom is 0.247 e. The highest BCUT2D eigenvalue weighted by Crippen LogP contribution is 2.33. The zero-order valence-corrected chi connectivity index (χ0v) is 17.6. The van der Waals surface area contributed by atoms with Gasteiger partial charge in [-0.15, -0.1) is 0 Å². The van der Waals surface area contributed by atoms with Crippen molar-refractivity contribution < 1.29 is 18.0 Å². The average Bonchev–Trinajstić information content (AvgIpc) is 2.77. The third-order valence-corrected chi connectivity index (χ3v) is 7.21. The summed E-state index contributed by atoms with van der Waals surface area (Å²) in [7, 11) is -4.24. The number of rotatable bonds is 5. The topological polar surface area (TPSA) is 83.6 Å². The van der Waals surface area contributed by atoms with Crippen LogP contribution in [0, 0.1) is 0 Å². The Morgan fingerprint density at radius 1 is 0.833 bits per heavy atom. The highest BCUT2D eigenvalue weighted by molar-refractivity contribution is 7.94. The number of ketones is 2. The molecule has 1 aliphatic carbocycles. The van der Waals surface area contributed by atoms with E-state index < -0.39 is 32.5 Å². The van der Waals surface area contributed by atoms with Gasteiger partial charge in [-0.3, -0.25) is 9.59 Å². The molecule has 2 aromatic carbocycles. The molecule has 1 fully saturated rings. The van der Waals surface area contributed by atoms with E-state index in [1.54, 1.807) is 30.0 Å². The lowest BCUT2D eigenvalue weighted by molar-refractivity contribution is 0.0939. The maximum absolute atomic E-state index is 13.4. The number of benzene rings is 2. The van der Waals surface area contributed by atoms with E-state index in [1.807, 2.05) is 30.3 Å². The molecule has 4 rings (SSSR count). The Morgan fingerprint density at radius 3 is 2.03 bits per heavy atom. The SMILES string of the molecule is CC(NS(=O)(=O)C1=C(N2CCCCC2)C(=O)c2ccccc2C1=O)c1ccccc1. The van der Waals surface area contributed by atoms with Gasteiger partial charge < -0.3 is 4.90 Å². The molecule has 0 aromatic heterocycles. The molecule has 1 heterocycles. The van der Waals surface area contributed by atoms with E-state index >= 15 is 0 Å².